The highest BCUT2D eigenvalue weighted by molar-refractivity contribution is 5.67. The van der Waals surface area contributed by atoms with E-state index >= 15 is 0 Å². The van der Waals surface area contributed by atoms with Crippen molar-refractivity contribution >= 4 is 12.0 Å². The zero-order valence-corrected chi connectivity index (χ0v) is 16.6. The summed E-state index contributed by atoms with van der Waals surface area (Å²) in [6.45, 7) is 3.79. The molecule has 0 aliphatic carbocycles. The van der Waals surface area contributed by atoms with Gasteiger partial charge < -0.3 is 19.7 Å². The Morgan fingerprint density at radius 3 is 2.57 bits per heavy atom. The summed E-state index contributed by atoms with van der Waals surface area (Å²) in [6, 6.07) is 5.43. The number of halogens is 3. The highest BCUT2D eigenvalue weighted by Crippen LogP contribution is 2.24. The van der Waals surface area contributed by atoms with Crippen LogP contribution >= 0.6 is 0 Å². The second-order valence-corrected chi connectivity index (χ2v) is 6.93. The van der Waals surface area contributed by atoms with Crippen LogP contribution < -0.4 is 15.0 Å². The maximum Gasteiger partial charge on any atom is 0.573 e. The summed E-state index contributed by atoms with van der Waals surface area (Å²) in [6.07, 6.45) is -0.321. The second-order valence-electron chi connectivity index (χ2n) is 6.93. The molecule has 2 heterocycles. The maximum atomic E-state index is 12.3. The van der Waals surface area contributed by atoms with Gasteiger partial charge in [-0.05, 0) is 43.5 Å². The fourth-order valence-electron chi connectivity index (χ4n) is 3.07. The van der Waals surface area contributed by atoms with E-state index in [-0.39, 0.29) is 17.9 Å². The van der Waals surface area contributed by atoms with Gasteiger partial charge in [0.25, 0.3) is 0 Å². The number of aromatic nitrogens is 3. The quantitative estimate of drug-likeness (QED) is 0.680. The lowest BCUT2D eigenvalue weighted by molar-refractivity contribution is -0.274. The highest BCUT2D eigenvalue weighted by atomic mass is 19.4. The van der Waals surface area contributed by atoms with Crippen LogP contribution in [0, 0.1) is 0 Å². The van der Waals surface area contributed by atoms with E-state index in [0.717, 1.165) is 25.7 Å². The molecule has 2 aromatic rings. The number of benzene rings is 1. The fourth-order valence-corrected chi connectivity index (χ4v) is 3.07. The van der Waals surface area contributed by atoms with E-state index in [0.29, 0.717) is 31.3 Å². The monoisotopic (exact) mass is 427 g/mol. The molecule has 0 spiro atoms. The van der Waals surface area contributed by atoms with Gasteiger partial charge in [0.1, 0.15) is 12.1 Å². The highest BCUT2D eigenvalue weighted by Gasteiger charge is 2.31. The number of alkyl carbamates (subject to hydrolysis) is 1. The average Bonchev–Trinajstić information content (AvgIpc) is 3.18. The summed E-state index contributed by atoms with van der Waals surface area (Å²) in [5, 5.41) is 7.28. The molecule has 0 bridgehead atoms. The van der Waals surface area contributed by atoms with E-state index in [1.165, 1.54) is 35.3 Å². The summed E-state index contributed by atoms with van der Waals surface area (Å²) < 4.78 is 47.2. The van der Waals surface area contributed by atoms with Gasteiger partial charge in [0.2, 0.25) is 5.95 Å². The number of unbranched alkanes of at least 4 members (excludes halogenated alkanes) is 1. The van der Waals surface area contributed by atoms with Crippen LogP contribution in [-0.2, 0) is 4.74 Å². The molecule has 164 valence electrons. The van der Waals surface area contributed by atoms with E-state index in [2.05, 4.69) is 20.1 Å². The molecule has 11 heteroatoms. The Hall–Kier alpha value is -2.98. The number of carbonyl (C=O) groups excluding carboxylic acids is 1. The van der Waals surface area contributed by atoms with Crippen LogP contribution in [-0.4, -0.2) is 53.0 Å². The Bertz CT molecular complexity index is 818. The van der Waals surface area contributed by atoms with Gasteiger partial charge in [0.05, 0.1) is 12.3 Å². The lowest BCUT2D eigenvalue weighted by Crippen LogP contribution is -2.45. The Labute approximate surface area is 172 Å². The number of carbonyl (C=O) groups is 1. The normalized spacial score (nSPS) is 15.1. The minimum Gasteiger partial charge on any atom is -0.450 e. The molecule has 1 saturated heterocycles. The zero-order chi connectivity index (χ0) is 21.6. The van der Waals surface area contributed by atoms with Crippen molar-refractivity contribution < 1.29 is 27.4 Å². The van der Waals surface area contributed by atoms with E-state index in [1.807, 2.05) is 11.8 Å². The fraction of sp³-hybridized carbons (Fsp3) is 0.526. The summed E-state index contributed by atoms with van der Waals surface area (Å²) >= 11 is 0. The van der Waals surface area contributed by atoms with Crippen LogP contribution in [0.5, 0.6) is 5.75 Å². The molecule has 30 heavy (non-hydrogen) atoms. The number of piperidine rings is 1. The van der Waals surface area contributed by atoms with Gasteiger partial charge in [0.15, 0.2) is 0 Å². The number of alkyl halides is 3. The molecule has 3 rings (SSSR count). The minimum atomic E-state index is -4.73. The molecule has 1 aromatic carbocycles. The number of hydrogen-bond acceptors (Lipinski definition) is 6. The van der Waals surface area contributed by atoms with Crippen molar-refractivity contribution in [3.63, 3.8) is 0 Å². The molecular formula is C19H24F3N5O3. The first-order valence-corrected chi connectivity index (χ1v) is 9.80. The summed E-state index contributed by atoms with van der Waals surface area (Å²) in [7, 11) is 0. The number of nitrogens with one attached hydrogen (secondary N) is 1. The number of rotatable bonds is 7. The van der Waals surface area contributed by atoms with E-state index in [4.69, 9.17) is 4.74 Å². The van der Waals surface area contributed by atoms with Gasteiger partial charge in [0, 0.05) is 19.1 Å². The second kappa shape index (κ2) is 9.68. The van der Waals surface area contributed by atoms with Crippen molar-refractivity contribution in [3.05, 3.63) is 30.6 Å². The Morgan fingerprint density at radius 2 is 1.93 bits per heavy atom. The SMILES string of the molecule is CCCCOC(=O)NC1CCN(c2ncn(-c3ccc(OC(F)(F)F)cc3)n2)CC1. The summed E-state index contributed by atoms with van der Waals surface area (Å²) in [4.78, 5) is 18.0. The first kappa shape index (κ1) is 21.7. The van der Waals surface area contributed by atoms with Crippen molar-refractivity contribution in [1.29, 1.82) is 0 Å². The lowest BCUT2D eigenvalue weighted by Gasteiger charge is -2.31. The van der Waals surface area contributed by atoms with Crippen LogP contribution in [0.25, 0.3) is 5.69 Å². The van der Waals surface area contributed by atoms with Gasteiger partial charge in [-0.1, -0.05) is 13.3 Å². The largest absolute Gasteiger partial charge is 0.573 e. The molecule has 1 aliphatic rings. The van der Waals surface area contributed by atoms with E-state index in [9.17, 15) is 18.0 Å². The van der Waals surface area contributed by atoms with Gasteiger partial charge in [-0.25, -0.2) is 9.48 Å². The van der Waals surface area contributed by atoms with E-state index < -0.39 is 6.36 Å². The smallest absolute Gasteiger partial charge is 0.450 e. The van der Waals surface area contributed by atoms with E-state index in [1.54, 1.807) is 0 Å². The molecule has 1 aliphatic heterocycles. The van der Waals surface area contributed by atoms with Crippen LogP contribution in [0.4, 0.5) is 23.9 Å². The van der Waals surface area contributed by atoms with Crippen molar-refractivity contribution in [2.24, 2.45) is 0 Å². The zero-order valence-electron chi connectivity index (χ0n) is 16.6. The van der Waals surface area contributed by atoms with Crippen LogP contribution in [0.3, 0.4) is 0 Å². The Morgan fingerprint density at radius 1 is 1.23 bits per heavy atom. The minimum absolute atomic E-state index is 0.0404. The lowest BCUT2D eigenvalue weighted by atomic mass is 10.1. The van der Waals surface area contributed by atoms with Crippen molar-refractivity contribution in [2.75, 3.05) is 24.6 Å². The van der Waals surface area contributed by atoms with Crippen LogP contribution in [0.1, 0.15) is 32.6 Å². The predicted octanol–water partition coefficient (Wildman–Crippen LogP) is 3.66. The van der Waals surface area contributed by atoms with Crippen LogP contribution in [0.2, 0.25) is 0 Å². The third-order valence-electron chi connectivity index (χ3n) is 4.65. The summed E-state index contributed by atoms with van der Waals surface area (Å²) in [5.41, 5.74) is 0.564. The molecule has 1 fully saturated rings. The van der Waals surface area contributed by atoms with Gasteiger partial charge in [-0.2, -0.15) is 4.98 Å². The molecule has 0 unspecified atom stereocenters. The number of amides is 1. The molecule has 0 atom stereocenters. The average molecular weight is 427 g/mol. The number of anilines is 1. The Kier molecular flexibility index (Phi) is 7.01. The number of nitrogens with zero attached hydrogens (tertiary/aromatic N) is 4. The summed E-state index contributed by atoms with van der Waals surface area (Å²) in [5.74, 6) is 0.226. The molecule has 1 amide bonds. The third kappa shape index (κ3) is 6.26. The van der Waals surface area contributed by atoms with Gasteiger partial charge in [-0.15, -0.1) is 18.3 Å². The topological polar surface area (TPSA) is 81.5 Å². The third-order valence-corrected chi connectivity index (χ3v) is 4.65. The van der Waals surface area contributed by atoms with Crippen molar-refractivity contribution in [3.8, 4) is 11.4 Å². The number of hydrogen-bond donors (Lipinski definition) is 1. The Balaban J connectivity index is 1.50. The van der Waals surface area contributed by atoms with Gasteiger partial charge >= 0.3 is 12.5 Å². The predicted molar refractivity (Wildman–Crippen MR) is 103 cm³/mol. The van der Waals surface area contributed by atoms with Crippen molar-refractivity contribution in [2.45, 2.75) is 45.0 Å². The standard InChI is InChI=1S/C19H24F3N5O3/c1-2-3-12-29-18(28)24-14-8-10-26(11-9-14)17-23-13-27(25-17)15-4-6-16(7-5-15)30-19(20,21)22/h4-7,13-14H,2-3,8-12H2,1H3,(H,24,28). The molecule has 1 aromatic heterocycles. The first-order chi connectivity index (χ1) is 14.3. The molecule has 0 saturated carbocycles. The van der Waals surface area contributed by atoms with Gasteiger partial charge in [-0.3, -0.25) is 0 Å². The molecule has 1 N–H and O–H groups in total. The number of ether oxygens (including phenoxy) is 2. The first-order valence-electron chi connectivity index (χ1n) is 9.80. The van der Waals surface area contributed by atoms with Crippen LogP contribution in [0.15, 0.2) is 30.6 Å². The molecular weight excluding hydrogens is 403 g/mol. The van der Waals surface area contributed by atoms with Crippen molar-refractivity contribution in [1.82, 2.24) is 20.1 Å². The molecule has 8 nitrogen and oxygen atoms in total. The maximum absolute atomic E-state index is 12.3. The molecule has 0 radical (unpaired) electrons.